The van der Waals surface area contributed by atoms with E-state index in [0.717, 1.165) is 16.9 Å². The van der Waals surface area contributed by atoms with Gasteiger partial charge in [-0.2, -0.15) is 0 Å². The first kappa shape index (κ1) is 13.0. The molecule has 98 valence electrons. The molecule has 0 aliphatic carbocycles. The monoisotopic (exact) mass is 256 g/mol. The van der Waals surface area contributed by atoms with Crippen LogP contribution in [0.1, 0.15) is 16.7 Å². The van der Waals surface area contributed by atoms with E-state index < -0.39 is 0 Å². The maximum atomic E-state index is 8.83. The molecule has 0 radical (unpaired) electrons. The van der Waals surface area contributed by atoms with Crippen LogP contribution in [0.25, 0.3) is 0 Å². The highest BCUT2D eigenvalue weighted by Gasteiger charge is 2.10. The highest BCUT2D eigenvalue weighted by atomic mass is 16.5. The summed E-state index contributed by atoms with van der Waals surface area (Å²) in [7, 11) is 0. The Labute approximate surface area is 112 Å². The molecule has 0 bridgehead atoms. The van der Waals surface area contributed by atoms with Crippen molar-refractivity contribution in [3.8, 4) is 11.5 Å². The largest absolute Gasteiger partial charge is 0.456 e. The third-order valence-corrected chi connectivity index (χ3v) is 2.83. The van der Waals surface area contributed by atoms with E-state index in [0.29, 0.717) is 11.3 Å². The SMILES string of the molecule is Cc1ccc(Oc2ccccc2C)c(/C(N)=N/O)c1. The molecule has 2 aromatic carbocycles. The number of benzene rings is 2. The van der Waals surface area contributed by atoms with Gasteiger partial charge in [-0.3, -0.25) is 0 Å². The maximum Gasteiger partial charge on any atom is 0.173 e. The minimum absolute atomic E-state index is 0.0345. The molecule has 0 aliphatic heterocycles. The fraction of sp³-hybridized carbons (Fsp3) is 0.133. The molecule has 0 atom stereocenters. The Bertz CT molecular complexity index is 621. The zero-order valence-corrected chi connectivity index (χ0v) is 10.9. The summed E-state index contributed by atoms with van der Waals surface area (Å²) in [4.78, 5) is 0. The molecule has 3 N–H and O–H groups in total. The van der Waals surface area contributed by atoms with Crippen molar-refractivity contribution in [2.24, 2.45) is 10.9 Å². The van der Waals surface area contributed by atoms with Gasteiger partial charge in [-0.15, -0.1) is 0 Å². The van der Waals surface area contributed by atoms with E-state index in [1.165, 1.54) is 0 Å². The van der Waals surface area contributed by atoms with Gasteiger partial charge in [0, 0.05) is 0 Å². The van der Waals surface area contributed by atoms with Gasteiger partial charge in [0.2, 0.25) is 0 Å². The highest BCUT2D eigenvalue weighted by Crippen LogP contribution is 2.28. The molecule has 2 aromatic rings. The Morgan fingerprint density at radius 1 is 1.11 bits per heavy atom. The van der Waals surface area contributed by atoms with E-state index in [-0.39, 0.29) is 5.84 Å². The van der Waals surface area contributed by atoms with Crippen LogP contribution in [0, 0.1) is 13.8 Å². The van der Waals surface area contributed by atoms with Crippen molar-refractivity contribution >= 4 is 5.84 Å². The van der Waals surface area contributed by atoms with Crippen LogP contribution in [0.4, 0.5) is 0 Å². The summed E-state index contributed by atoms with van der Waals surface area (Å²) < 4.78 is 5.85. The van der Waals surface area contributed by atoms with Crippen LogP contribution in [-0.4, -0.2) is 11.0 Å². The van der Waals surface area contributed by atoms with Crippen molar-refractivity contribution in [3.63, 3.8) is 0 Å². The van der Waals surface area contributed by atoms with Gasteiger partial charge in [0.25, 0.3) is 0 Å². The number of hydrogen-bond donors (Lipinski definition) is 2. The van der Waals surface area contributed by atoms with Gasteiger partial charge in [-0.1, -0.05) is 35.0 Å². The third-order valence-electron chi connectivity index (χ3n) is 2.83. The van der Waals surface area contributed by atoms with Crippen molar-refractivity contribution < 1.29 is 9.94 Å². The molecule has 4 heteroatoms. The van der Waals surface area contributed by atoms with Gasteiger partial charge in [-0.05, 0) is 37.6 Å². The number of aryl methyl sites for hydroxylation is 2. The van der Waals surface area contributed by atoms with Crippen molar-refractivity contribution in [1.29, 1.82) is 0 Å². The molecule has 0 spiro atoms. The van der Waals surface area contributed by atoms with Crippen LogP contribution < -0.4 is 10.5 Å². The molecular weight excluding hydrogens is 240 g/mol. The van der Waals surface area contributed by atoms with Crippen LogP contribution in [0.2, 0.25) is 0 Å². The van der Waals surface area contributed by atoms with Crippen molar-refractivity contribution in [2.75, 3.05) is 0 Å². The third kappa shape index (κ3) is 2.85. The molecule has 4 nitrogen and oxygen atoms in total. The fourth-order valence-corrected chi connectivity index (χ4v) is 1.78. The van der Waals surface area contributed by atoms with E-state index >= 15 is 0 Å². The lowest BCUT2D eigenvalue weighted by atomic mass is 10.1. The summed E-state index contributed by atoms with van der Waals surface area (Å²) in [5, 5.41) is 11.9. The molecule has 19 heavy (non-hydrogen) atoms. The normalized spacial score (nSPS) is 11.4. The van der Waals surface area contributed by atoms with Crippen molar-refractivity contribution in [2.45, 2.75) is 13.8 Å². The Kier molecular flexibility index (Phi) is 3.71. The molecule has 0 amide bonds. The Balaban J connectivity index is 2.43. The first-order chi connectivity index (χ1) is 9.11. The zero-order valence-electron chi connectivity index (χ0n) is 10.9. The van der Waals surface area contributed by atoms with Crippen LogP contribution >= 0.6 is 0 Å². The van der Waals surface area contributed by atoms with E-state index in [1.807, 2.05) is 56.3 Å². The van der Waals surface area contributed by atoms with Crippen LogP contribution in [0.5, 0.6) is 11.5 Å². The number of hydrogen-bond acceptors (Lipinski definition) is 3. The van der Waals surface area contributed by atoms with E-state index in [2.05, 4.69) is 5.16 Å². The lowest BCUT2D eigenvalue weighted by molar-refractivity contribution is 0.318. The van der Waals surface area contributed by atoms with Gasteiger partial charge >= 0.3 is 0 Å². The van der Waals surface area contributed by atoms with E-state index in [9.17, 15) is 0 Å². The average molecular weight is 256 g/mol. The fourth-order valence-electron chi connectivity index (χ4n) is 1.78. The second kappa shape index (κ2) is 5.44. The minimum Gasteiger partial charge on any atom is -0.456 e. The summed E-state index contributed by atoms with van der Waals surface area (Å²) in [6.45, 7) is 3.90. The molecule has 0 aromatic heterocycles. The van der Waals surface area contributed by atoms with Gasteiger partial charge in [0.1, 0.15) is 11.5 Å². The molecule has 0 heterocycles. The number of nitrogens with two attached hydrogens (primary N) is 1. The van der Waals surface area contributed by atoms with Gasteiger partial charge in [0.05, 0.1) is 5.56 Å². The number of oxime groups is 1. The summed E-state index contributed by atoms with van der Waals surface area (Å²) >= 11 is 0. The molecule has 0 unspecified atom stereocenters. The number of amidine groups is 1. The summed E-state index contributed by atoms with van der Waals surface area (Å²) in [5.74, 6) is 1.35. The lowest BCUT2D eigenvalue weighted by Crippen LogP contribution is -2.14. The molecule has 2 rings (SSSR count). The molecule has 0 fully saturated rings. The number of ether oxygens (including phenoxy) is 1. The topological polar surface area (TPSA) is 67.8 Å². The Hall–Kier alpha value is -2.49. The Morgan fingerprint density at radius 2 is 1.84 bits per heavy atom. The van der Waals surface area contributed by atoms with Crippen LogP contribution in [0.15, 0.2) is 47.6 Å². The number of para-hydroxylation sites is 1. The zero-order chi connectivity index (χ0) is 13.8. The summed E-state index contributed by atoms with van der Waals surface area (Å²) in [5.41, 5.74) is 8.28. The maximum absolute atomic E-state index is 8.83. The van der Waals surface area contributed by atoms with E-state index in [1.54, 1.807) is 0 Å². The lowest BCUT2D eigenvalue weighted by Gasteiger charge is -2.12. The highest BCUT2D eigenvalue weighted by molar-refractivity contribution is 5.99. The predicted molar refractivity (Wildman–Crippen MR) is 74.9 cm³/mol. The minimum atomic E-state index is 0.0345. The quantitative estimate of drug-likeness (QED) is 0.383. The number of rotatable bonds is 3. The molecule has 0 saturated carbocycles. The first-order valence-electron chi connectivity index (χ1n) is 5.94. The van der Waals surface area contributed by atoms with Crippen molar-refractivity contribution in [1.82, 2.24) is 0 Å². The van der Waals surface area contributed by atoms with E-state index in [4.69, 9.17) is 15.7 Å². The van der Waals surface area contributed by atoms with Crippen LogP contribution in [0.3, 0.4) is 0 Å². The smallest absolute Gasteiger partial charge is 0.173 e. The molecule has 0 aliphatic rings. The van der Waals surface area contributed by atoms with Crippen molar-refractivity contribution in [3.05, 3.63) is 59.2 Å². The average Bonchev–Trinajstić information content (AvgIpc) is 2.42. The second-order valence-electron chi connectivity index (χ2n) is 4.35. The standard InChI is InChI=1S/C15H16N2O2/c1-10-7-8-14(12(9-10)15(16)17-18)19-13-6-4-3-5-11(13)2/h3-9,18H,1-2H3,(H2,16,17). The second-order valence-corrected chi connectivity index (χ2v) is 4.35. The van der Waals surface area contributed by atoms with Crippen LogP contribution in [-0.2, 0) is 0 Å². The van der Waals surface area contributed by atoms with Gasteiger partial charge in [0.15, 0.2) is 5.84 Å². The van der Waals surface area contributed by atoms with Gasteiger partial charge in [-0.25, -0.2) is 0 Å². The molecule has 0 saturated heterocycles. The predicted octanol–water partition coefficient (Wildman–Crippen LogP) is 3.19. The first-order valence-corrected chi connectivity index (χ1v) is 5.94. The summed E-state index contributed by atoms with van der Waals surface area (Å²) in [6, 6.07) is 13.2. The van der Waals surface area contributed by atoms with Gasteiger partial charge < -0.3 is 15.7 Å². The summed E-state index contributed by atoms with van der Waals surface area (Å²) in [6.07, 6.45) is 0. The number of nitrogens with zero attached hydrogens (tertiary/aromatic N) is 1. The molecular formula is C15H16N2O2. The Morgan fingerprint density at radius 3 is 2.53 bits per heavy atom.